The highest BCUT2D eigenvalue weighted by Crippen LogP contribution is 2.12. The Kier molecular flexibility index (Phi) is 6.54. The smallest absolute Gasteiger partial charge is 0.164 e. The summed E-state index contributed by atoms with van der Waals surface area (Å²) in [7, 11) is 1.97. The van der Waals surface area contributed by atoms with E-state index in [1.54, 1.807) is 6.92 Å². The third-order valence-electron chi connectivity index (χ3n) is 2.82. The fourth-order valence-electron chi connectivity index (χ4n) is 1.59. The molecule has 0 aliphatic heterocycles. The molecule has 0 aromatic heterocycles. The minimum Gasteiger partial charge on any atom is -0.393 e. The minimum atomic E-state index is -0.283. The molecular weight excluding hydrogens is 294 g/mol. The summed E-state index contributed by atoms with van der Waals surface area (Å²) in [4.78, 5) is 14.0. The number of hydrogen-bond acceptors (Lipinski definition) is 3. The quantitative estimate of drug-likeness (QED) is 0.787. The Morgan fingerprint density at radius 1 is 1.33 bits per heavy atom. The van der Waals surface area contributed by atoms with Crippen LogP contribution in [0.25, 0.3) is 0 Å². The van der Waals surface area contributed by atoms with Crippen LogP contribution in [0.15, 0.2) is 28.7 Å². The van der Waals surface area contributed by atoms with Crippen molar-refractivity contribution in [1.82, 2.24) is 4.90 Å². The monoisotopic (exact) mass is 313 g/mol. The second kappa shape index (κ2) is 7.67. The second-order valence-corrected chi connectivity index (χ2v) is 5.54. The van der Waals surface area contributed by atoms with Crippen molar-refractivity contribution in [3.05, 3.63) is 34.3 Å². The van der Waals surface area contributed by atoms with Gasteiger partial charge in [0.2, 0.25) is 0 Å². The number of carbonyl (C=O) groups is 1. The maximum atomic E-state index is 11.9. The van der Waals surface area contributed by atoms with Crippen LogP contribution in [0.2, 0.25) is 0 Å². The number of nitrogens with zero attached hydrogens (tertiary/aromatic N) is 1. The van der Waals surface area contributed by atoms with Crippen molar-refractivity contribution in [1.29, 1.82) is 0 Å². The fraction of sp³-hybridized carbons (Fsp3) is 0.500. The molecule has 100 valence electrons. The van der Waals surface area contributed by atoms with Crippen molar-refractivity contribution < 1.29 is 9.90 Å². The van der Waals surface area contributed by atoms with Gasteiger partial charge in [0.15, 0.2) is 5.78 Å². The van der Waals surface area contributed by atoms with E-state index in [0.717, 1.165) is 29.5 Å². The Morgan fingerprint density at radius 2 is 1.94 bits per heavy atom. The molecule has 1 unspecified atom stereocenters. The minimum absolute atomic E-state index is 0.159. The molecule has 0 fully saturated rings. The lowest BCUT2D eigenvalue weighted by Crippen LogP contribution is -2.25. The highest BCUT2D eigenvalue weighted by molar-refractivity contribution is 9.10. The maximum Gasteiger partial charge on any atom is 0.164 e. The first-order valence-electron chi connectivity index (χ1n) is 6.14. The van der Waals surface area contributed by atoms with Gasteiger partial charge in [-0.25, -0.2) is 0 Å². The topological polar surface area (TPSA) is 40.5 Å². The van der Waals surface area contributed by atoms with Crippen molar-refractivity contribution in [2.24, 2.45) is 0 Å². The van der Waals surface area contributed by atoms with Gasteiger partial charge >= 0.3 is 0 Å². The van der Waals surface area contributed by atoms with Crippen molar-refractivity contribution in [2.45, 2.75) is 25.9 Å². The zero-order valence-electron chi connectivity index (χ0n) is 10.9. The summed E-state index contributed by atoms with van der Waals surface area (Å²) in [6, 6.07) is 7.43. The average Bonchev–Trinajstić information content (AvgIpc) is 2.34. The van der Waals surface area contributed by atoms with Gasteiger partial charge in [-0.2, -0.15) is 0 Å². The molecule has 0 amide bonds. The van der Waals surface area contributed by atoms with E-state index in [0.29, 0.717) is 6.42 Å². The molecule has 1 rings (SSSR count). The summed E-state index contributed by atoms with van der Waals surface area (Å²) >= 11 is 3.35. The van der Waals surface area contributed by atoms with Crippen LogP contribution in [0, 0.1) is 0 Å². The first kappa shape index (κ1) is 15.3. The van der Waals surface area contributed by atoms with Gasteiger partial charge in [0, 0.05) is 29.5 Å². The molecule has 0 radical (unpaired) electrons. The van der Waals surface area contributed by atoms with Gasteiger partial charge in [-0.1, -0.05) is 28.1 Å². The van der Waals surface area contributed by atoms with Gasteiger partial charge in [0.05, 0.1) is 6.10 Å². The molecule has 18 heavy (non-hydrogen) atoms. The van der Waals surface area contributed by atoms with E-state index in [2.05, 4.69) is 20.8 Å². The molecule has 0 bridgehead atoms. The van der Waals surface area contributed by atoms with Crippen molar-refractivity contribution >= 4 is 21.7 Å². The van der Waals surface area contributed by atoms with Crippen molar-refractivity contribution in [2.75, 3.05) is 20.1 Å². The summed E-state index contributed by atoms with van der Waals surface area (Å²) in [5, 5.41) is 9.18. The van der Waals surface area contributed by atoms with E-state index in [-0.39, 0.29) is 11.9 Å². The van der Waals surface area contributed by atoms with Crippen LogP contribution < -0.4 is 0 Å². The Morgan fingerprint density at radius 3 is 2.50 bits per heavy atom. The van der Waals surface area contributed by atoms with Crippen LogP contribution in [0.4, 0.5) is 0 Å². The molecule has 4 heteroatoms. The summed E-state index contributed by atoms with van der Waals surface area (Å²) in [6.07, 6.45) is 0.968. The molecule has 0 aliphatic carbocycles. The van der Waals surface area contributed by atoms with Crippen LogP contribution in [-0.4, -0.2) is 42.0 Å². The van der Waals surface area contributed by atoms with E-state index in [9.17, 15) is 9.90 Å². The Bertz CT molecular complexity index is 376. The number of ketones is 1. The molecule has 0 aliphatic rings. The van der Waals surface area contributed by atoms with Crippen molar-refractivity contribution in [3.63, 3.8) is 0 Å². The molecule has 3 nitrogen and oxygen atoms in total. The SMILES string of the molecule is CC(O)CCN(C)CCC(=O)c1ccc(Br)cc1. The summed E-state index contributed by atoms with van der Waals surface area (Å²) in [5.74, 6) is 0.159. The van der Waals surface area contributed by atoms with Crippen LogP contribution in [0.3, 0.4) is 0 Å². The molecule has 1 atom stereocenters. The largest absolute Gasteiger partial charge is 0.393 e. The lowest BCUT2D eigenvalue weighted by Gasteiger charge is -2.16. The first-order valence-corrected chi connectivity index (χ1v) is 6.93. The van der Waals surface area contributed by atoms with Crippen molar-refractivity contribution in [3.8, 4) is 0 Å². The van der Waals surface area contributed by atoms with Gasteiger partial charge in [-0.05, 0) is 32.5 Å². The Hall–Kier alpha value is -0.710. The van der Waals surface area contributed by atoms with Gasteiger partial charge in [-0.3, -0.25) is 4.79 Å². The van der Waals surface area contributed by atoms with Gasteiger partial charge in [0.1, 0.15) is 0 Å². The molecule has 1 aromatic rings. The lowest BCUT2D eigenvalue weighted by molar-refractivity contribution is 0.0965. The Balaban J connectivity index is 2.34. The highest BCUT2D eigenvalue weighted by Gasteiger charge is 2.08. The molecule has 1 aromatic carbocycles. The standard InChI is InChI=1S/C14H20BrNO2/c1-11(17)7-9-16(2)10-8-14(18)12-3-5-13(15)6-4-12/h3-6,11,17H,7-10H2,1-2H3. The number of carbonyl (C=O) groups excluding carboxylic acids is 1. The Labute approximate surface area is 117 Å². The zero-order chi connectivity index (χ0) is 13.5. The van der Waals surface area contributed by atoms with Gasteiger partial charge in [0.25, 0.3) is 0 Å². The summed E-state index contributed by atoms with van der Waals surface area (Å²) in [5.41, 5.74) is 0.752. The van der Waals surface area contributed by atoms with E-state index < -0.39 is 0 Å². The van der Waals surface area contributed by atoms with E-state index in [1.165, 1.54) is 0 Å². The van der Waals surface area contributed by atoms with E-state index >= 15 is 0 Å². The fourth-order valence-corrected chi connectivity index (χ4v) is 1.86. The van der Waals surface area contributed by atoms with Crippen LogP contribution in [0.5, 0.6) is 0 Å². The molecule has 0 spiro atoms. The number of hydrogen-bond donors (Lipinski definition) is 1. The molecule has 0 saturated heterocycles. The van der Waals surface area contributed by atoms with Gasteiger partial charge in [-0.15, -0.1) is 0 Å². The number of aliphatic hydroxyl groups is 1. The predicted octanol–water partition coefficient (Wildman–Crippen LogP) is 2.72. The van der Waals surface area contributed by atoms with Crippen LogP contribution in [-0.2, 0) is 0 Å². The maximum absolute atomic E-state index is 11.9. The van der Waals surface area contributed by atoms with Gasteiger partial charge < -0.3 is 10.0 Å². The molecule has 0 heterocycles. The average molecular weight is 314 g/mol. The van der Waals surface area contributed by atoms with Crippen LogP contribution in [0.1, 0.15) is 30.1 Å². The number of aliphatic hydroxyl groups excluding tert-OH is 1. The van der Waals surface area contributed by atoms with E-state index in [4.69, 9.17) is 0 Å². The normalized spacial score (nSPS) is 12.7. The number of rotatable bonds is 7. The van der Waals surface area contributed by atoms with Crippen LogP contribution >= 0.6 is 15.9 Å². The molecule has 0 saturated carbocycles. The third-order valence-corrected chi connectivity index (χ3v) is 3.34. The number of halogens is 1. The zero-order valence-corrected chi connectivity index (χ0v) is 12.5. The summed E-state index contributed by atoms with van der Waals surface area (Å²) < 4.78 is 0.980. The predicted molar refractivity (Wildman–Crippen MR) is 76.9 cm³/mol. The van der Waals surface area contributed by atoms with E-state index in [1.807, 2.05) is 31.3 Å². The second-order valence-electron chi connectivity index (χ2n) is 4.62. The third kappa shape index (κ3) is 5.76. The summed E-state index contributed by atoms with van der Waals surface area (Å²) in [6.45, 7) is 3.31. The first-order chi connectivity index (χ1) is 8.49. The lowest BCUT2D eigenvalue weighted by atomic mass is 10.1. The number of benzene rings is 1. The molecular formula is C14H20BrNO2. The highest BCUT2D eigenvalue weighted by atomic mass is 79.9. The number of Topliss-reactive ketones (excluding diaryl/α,β-unsaturated/α-hetero) is 1. The molecule has 1 N–H and O–H groups in total.